The maximum atomic E-state index is 6.11. The van der Waals surface area contributed by atoms with Crippen LogP contribution in [0.4, 0.5) is 0 Å². The van der Waals surface area contributed by atoms with E-state index in [9.17, 15) is 0 Å². The summed E-state index contributed by atoms with van der Waals surface area (Å²) in [6.07, 6.45) is 3.10. The standard InChI is InChI=1S/C23H36N4O2/c1-7-17(4)28-22-14-16(3)11-12-20(22)15-26-23(24-8-2)25-13-9-10-21-18(5)27-29-19(21)6/h11-12,14,17H,7-10,13,15H2,1-6H3,(H2,24,25,26). The van der Waals surface area contributed by atoms with E-state index in [-0.39, 0.29) is 6.10 Å². The lowest BCUT2D eigenvalue weighted by atomic mass is 10.1. The number of hydrogen-bond donors (Lipinski definition) is 2. The number of nitrogens with one attached hydrogen (secondary N) is 2. The minimum Gasteiger partial charge on any atom is -0.490 e. The van der Waals surface area contributed by atoms with Gasteiger partial charge in [-0.15, -0.1) is 0 Å². The van der Waals surface area contributed by atoms with Crippen molar-refractivity contribution < 1.29 is 9.26 Å². The van der Waals surface area contributed by atoms with E-state index in [0.717, 1.165) is 61.1 Å². The van der Waals surface area contributed by atoms with Gasteiger partial charge >= 0.3 is 0 Å². The van der Waals surface area contributed by atoms with Gasteiger partial charge in [-0.1, -0.05) is 24.2 Å². The number of aryl methyl sites for hydroxylation is 3. The summed E-state index contributed by atoms with van der Waals surface area (Å²) in [5.41, 5.74) is 4.49. The van der Waals surface area contributed by atoms with Crippen LogP contribution < -0.4 is 15.4 Å². The number of aliphatic imine (C=N–C) groups is 1. The smallest absolute Gasteiger partial charge is 0.191 e. The van der Waals surface area contributed by atoms with Crippen LogP contribution >= 0.6 is 0 Å². The van der Waals surface area contributed by atoms with Crippen molar-refractivity contribution in [1.82, 2.24) is 15.8 Å². The molecule has 0 amide bonds. The van der Waals surface area contributed by atoms with Gasteiger partial charge in [-0.3, -0.25) is 0 Å². The zero-order chi connectivity index (χ0) is 21.2. The third-order valence-electron chi connectivity index (χ3n) is 4.95. The van der Waals surface area contributed by atoms with Crippen LogP contribution in [-0.4, -0.2) is 30.3 Å². The van der Waals surface area contributed by atoms with Gasteiger partial charge in [0.25, 0.3) is 0 Å². The van der Waals surface area contributed by atoms with Crippen molar-refractivity contribution in [3.8, 4) is 5.75 Å². The van der Waals surface area contributed by atoms with Gasteiger partial charge in [-0.2, -0.15) is 0 Å². The first-order valence-electron chi connectivity index (χ1n) is 10.6. The summed E-state index contributed by atoms with van der Waals surface area (Å²) in [4.78, 5) is 4.76. The highest BCUT2D eigenvalue weighted by atomic mass is 16.5. The first-order chi connectivity index (χ1) is 13.9. The lowest BCUT2D eigenvalue weighted by molar-refractivity contribution is 0.215. The third kappa shape index (κ3) is 7.11. The number of aromatic nitrogens is 1. The van der Waals surface area contributed by atoms with Crippen molar-refractivity contribution in [2.45, 2.75) is 73.5 Å². The van der Waals surface area contributed by atoms with Gasteiger partial charge in [0.15, 0.2) is 5.96 Å². The highest BCUT2D eigenvalue weighted by Crippen LogP contribution is 2.23. The van der Waals surface area contributed by atoms with Crippen LogP contribution in [0.1, 0.15) is 61.8 Å². The molecule has 0 radical (unpaired) electrons. The van der Waals surface area contributed by atoms with Crippen LogP contribution in [0.15, 0.2) is 27.7 Å². The molecule has 0 spiro atoms. The lowest BCUT2D eigenvalue weighted by Crippen LogP contribution is -2.37. The molecule has 29 heavy (non-hydrogen) atoms. The highest BCUT2D eigenvalue weighted by Gasteiger charge is 2.10. The van der Waals surface area contributed by atoms with Gasteiger partial charge < -0.3 is 19.9 Å². The number of guanidine groups is 1. The highest BCUT2D eigenvalue weighted by molar-refractivity contribution is 5.79. The predicted molar refractivity (Wildman–Crippen MR) is 119 cm³/mol. The van der Waals surface area contributed by atoms with Gasteiger partial charge in [0.05, 0.1) is 18.3 Å². The Morgan fingerprint density at radius 2 is 2.00 bits per heavy atom. The molecule has 1 atom stereocenters. The summed E-state index contributed by atoms with van der Waals surface area (Å²) in [6.45, 7) is 14.6. The molecule has 0 fully saturated rings. The summed E-state index contributed by atoms with van der Waals surface area (Å²) >= 11 is 0. The Morgan fingerprint density at radius 1 is 1.21 bits per heavy atom. The zero-order valence-corrected chi connectivity index (χ0v) is 18.8. The Balaban J connectivity index is 1.96. The van der Waals surface area contributed by atoms with E-state index in [1.165, 1.54) is 11.1 Å². The minimum atomic E-state index is 0.190. The predicted octanol–water partition coefficient (Wildman–Crippen LogP) is 4.47. The summed E-state index contributed by atoms with van der Waals surface area (Å²) < 4.78 is 11.3. The topological polar surface area (TPSA) is 71.7 Å². The van der Waals surface area contributed by atoms with Crippen molar-refractivity contribution in [2.24, 2.45) is 4.99 Å². The van der Waals surface area contributed by atoms with E-state index < -0.39 is 0 Å². The first-order valence-corrected chi connectivity index (χ1v) is 10.6. The van der Waals surface area contributed by atoms with Gasteiger partial charge in [-0.25, -0.2) is 4.99 Å². The Bertz CT molecular complexity index is 779. The quantitative estimate of drug-likeness (QED) is 0.350. The molecule has 2 rings (SSSR count). The maximum Gasteiger partial charge on any atom is 0.191 e. The molecule has 6 heteroatoms. The lowest BCUT2D eigenvalue weighted by Gasteiger charge is -2.17. The molecule has 0 aliphatic heterocycles. The van der Waals surface area contributed by atoms with Crippen LogP contribution in [0.3, 0.4) is 0 Å². The Labute approximate surface area is 175 Å². The number of ether oxygens (including phenoxy) is 1. The van der Waals surface area contributed by atoms with Crippen LogP contribution in [0.2, 0.25) is 0 Å². The van der Waals surface area contributed by atoms with E-state index >= 15 is 0 Å². The van der Waals surface area contributed by atoms with Gasteiger partial charge in [0.1, 0.15) is 11.5 Å². The largest absolute Gasteiger partial charge is 0.490 e. The number of hydrogen-bond acceptors (Lipinski definition) is 4. The second-order valence-corrected chi connectivity index (χ2v) is 7.48. The molecule has 160 valence electrons. The molecule has 0 saturated heterocycles. The van der Waals surface area contributed by atoms with E-state index in [1.54, 1.807) is 0 Å². The van der Waals surface area contributed by atoms with E-state index in [2.05, 4.69) is 61.7 Å². The molecule has 0 bridgehead atoms. The van der Waals surface area contributed by atoms with E-state index in [0.29, 0.717) is 6.54 Å². The average molecular weight is 401 g/mol. The van der Waals surface area contributed by atoms with Crippen molar-refractivity contribution in [1.29, 1.82) is 0 Å². The third-order valence-corrected chi connectivity index (χ3v) is 4.95. The minimum absolute atomic E-state index is 0.190. The van der Waals surface area contributed by atoms with Crippen molar-refractivity contribution >= 4 is 5.96 Å². The molecule has 2 N–H and O–H groups in total. The van der Waals surface area contributed by atoms with Crippen LogP contribution in [-0.2, 0) is 13.0 Å². The van der Waals surface area contributed by atoms with E-state index in [1.807, 2.05) is 13.8 Å². The SMILES string of the molecule is CCNC(=NCc1ccc(C)cc1OC(C)CC)NCCCc1c(C)noc1C. The number of benzene rings is 1. The molecular formula is C23H36N4O2. The monoisotopic (exact) mass is 400 g/mol. The number of nitrogens with zero attached hydrogens (tertiary/aromatic N) is 2. The van der Waals surface area contributed by atoms with Crippen molar-refractivity contribution in [3.63, 3.8) is 0 Å². The summed E-state index contributed by atoms with van der Waals surface area (Å²) in [6, 6.07) is 6.32. The Hall–Kier alpha value is -2.50. The summed E-state index contributed by atoms with van der Waals surface area (Å²) in [7, 11) is 0. The molecule has 0 saturated carbocycles. The molecule has 1 heterocycles. The fraction of sp³-hybridized carbons (Fsp3) is 0.565. The molecule has 6 nitrogen and oxygen atoms in total. The van der Waals surface area contributed by atoms with Gasteiger partial charge in [-0.05, 0) is 65.5 Å². The van der Waals surface area contributed by atoms with Gasteiger partial charge in [0.2, 0.25) is 0 Å². The Morgan fingerprint density at radius 3 is 2.66 bits per heavy atom. The molecule has 0 aliphatic carbocycles. The Kier molecular flexibility index (Phi) is 9.03. The molecule has 2 aromatic rings. The van der Waals surface area contributed by atoms with Crippen LogP contribution in [0, 0.1) is 20.8 Å². The first kappa shape index (κ1) is 22.8. The zero-order valence-electron chi connectivity index (χ0n) is 18.8. The molecule has 1 aromatic heterocycles. The molecule has 1 aromatic carbocycles. The molecular weight excluding hydrogens is 364 g/mol. The van der Waals surface area contributed by atoms with Crippen LogP contribution in [0.5, 0.6) is 5.75 Å². The fourth-order valence-corrected chi connectivity index (χ4v) is 3.04. The molecule has 1 unspecified atom stereocenters. The van der Waals surface area contributed by atoms with Gasteiger partial charge in [0, 0.05) is 24.2 Å². The maximum absolute atomic E-state index is 6.11. The molecule has 0 aliphatic rings. The van der Waals surface area contributed by atoms with E-state index in [4.69, 9.17) is 14.3 Å². The summed E-state index contributed by atoms with van der Waals surface area (Å²) in [5.74, 6) is 2.66. The summed E-state index contributed by atoms with van der Waals surface area (Å²) in [5, 5.41) is 10.8. The second-order valence-electron chi connectivity index (χ2n) is 7.48. The average Bonchev–Trinajstić information content (AvgIpc) is 3.02. The number of rotatable bonds is 10. The van der Waals surface area contributed by atoms with Crippen LogP contribution in [0.25, 0.3) is 0 Å². The van der Waals surface area contributed by atoms with Crippen molar-refractivity contribution in [2.75, 3.05) is 13.1 Å². The fourth-order valence-electron chi connectivity index (χ4n) is 3.04. The van der Waals surface area contributed by atoms with Crippen molar-refractivity contribution in [3.05, 3.63) is 46.3 Å². The second kappa shape index (κ2) is 11.5. The normalized spacial score (nSPS) is 12.7.